The van der Waals surface area contributed by atoms with Gasteiger partial charge in [0.2, 0.25) is 0 Å². The van der Waals surface area contributed by atoms with E-state index in [2.05, 4.69) is 25.9 Å². The minimum Gasteiger partial charge on any atom is -0.476 e. The first-order valence-electron chi connectivity index (χ1n) is 3.16. The fourth-order valence-corrected chi connectivity index (χ4v) is 1.40. The van der Waals surface area contributed by atoms with E-state index in [0.29, 0.717) is 5.16 Å². The average Bonchev–Trinajstić information content (AvgIpc) is 2.09. The molecule has 0 aliphatic rings. The molecule has 0 saturated heterocycles. The molecular formula is C6H6BrN3O2S. The molecule has 0 fully saturated rings. The number of carboxylic acids is 1. The van der Waals surface area contributed by atoms with Gasteiger partial charge in [-0.2, -0.15) is 0 Å². The highest BCUT2D eigenvalue weighted by Gasteiger charge is 2.15. The molecule has 0 amide bonds. The topological polar surface area (TPSA) is 89.1 Å². The summed E-state index contributed by atoms with van der Waals surface area (Å²) >= 11 is 4.24. The van der Waals surface area contributed by atoms with Crippen molar-refractivity contribution in [3.05, 3.63) is 10.2 Å². The minimum atomic E-state index is -1.13. The third-order valence-corrected chi connectivity index (χ3v) is 2.57. The van der Waals surface area contributed by atoms with E-state index in [1.54, 1.807) is 6.26 Å². The largest absolute Gasteiger partial charge is 0.476 e. The van der Waals surface area contributed by atoms with Gasteiger partial charge in [-0.15, -0.1) is 0 Å². The summed E-state index contributed by atoms with van der Waals surface area (Å²) in [6.45, 7) is 0. The number of rotatable bonds is 2. The third-order valence-electron chi connectivity index (χ3n) is 1.24. The second-order valence-corrected chi connectivity index (χ2v) is 3.63. The van der Waals surface area contributed by atoms with Crippen molar-refractivity contribution in [2.24, 2.45) is 0 Å². The summed E-state index contributed by atoms with van der Waals surface area (Å²) in [5.41, 5.74) is 5.35. The van der Waals surface area contributed by atoms with Crippen LogP contribution in [0.1, 0.15) is 10.5 Å². The van der Waals surface area contributed by atoms with E-state index in [1.807, 2.05) is 0 Å². The first kappa shape index (κ1) is 10.3. The molecule has 3 N–H and O–H groups in total. The maximum Gasteiger partial charge on any atom is 0.355 e. The van der Waals surface area contributed by atoms with Crippen molar-refractivity contribution in [2.45, 2.75) is 5.16 Å². The number of nitrogen functional groups attached to an aromatic ring is 1. The molecule has 0 radical (unpaired) electrons. The number of anilines is 1. The molecule has 70 valence electrons. The SMILES string of the molecule is CSc1nc(N)c(Br)c(C(=O)O)n1. The number of nitrogens with zero attached hydrogens (tertiary/aromatic N) is 2. The van der Waals surface area contributed by atoms with Crippen molar-refractivity contribution in [3.63, 3.8) is 0 Å². The minimum absolute atomic E-state index is 0.114. The molecule has 0 bridgehead atoms. The third kappa shape index (κ3) is 2.10. The van der Waals surface area contributed by atoms with Crippen LogP contribution in [0.4, 0.5) is 5.82 Å². The summed E-state index contributed by atoms with van der Waals surface area (Å²) in [4.78, 5) is 18.3. The lowest BCUT2D eigenvalue weighted by Crippen LogP contribution is -2.07. The summed E-state index contributed by atoms with van der Waals surface area (Å²) in [5, 5.41) is 9.07. The van der Waals surface area contributed by atoms with Gasteiger partial charge in [0.1, 0.15) is 5.82 Å². The molecule has 1 aromatic rings. The monoisotopic (exact) mass is 263 g/mol. The Bertz CT molecular complexity index is 358. The van der Waals surface area contributed by atoms with E-state index in [4.69, 9.17) is 10.8 Å². The average molecular weight is 264 g/mol. The molecule has 1 heterocycles. The van der Waals surface area contributed by atoms with E-state index in [9.17, 15) is 4.79 Å². The lowest BCUT2D eigenvalue weighted by molar-refractivity contribution is 0.0688. The summed E-state index contributed by atoms with van der Waals surface area (Å²) in [7, 11) is 0. The van der Waals surface area contributed by atoms with Crippen LogP contribution >= 0.6 is 27.7 Å². The van der Waals surface area contributed by atoms with Crippen LogP contribution in [0.3, 0.4) is 0 Å². The molecule has 1 rings (SSSR count). The normalized spacial score (nSPS) is 10.0. The highest BCUT2D eigenvalue weighted by molar-refractivity contribution is 9.10. The Morgan fingerprint density at radius 2 is 2.23 bits per heavy atom. The Labute approximate surface area is 86.9 Å². The van der Waals surface area contributed by atoms with Gasteiger partial charge in [-0.3, -0.25) is 0 Å². The fourth-order valence-electron chi connectivity index (χ4n) is 0.676. The number of aromatic nitrogens is 2. The quantitative estimate of drug-likeness (QED) is 0.617. The van der Waals surface area contributed by atoms with Gasteiger partial charge < -0.3 is 10.8 Å². The van der Waals surface area contributed by atoms with E-state index in [-0.39, 0.29) is 16.0 Å². The molecule has 13 heavy (non-hydrogen) atoms. The molecule has 0 aliphatic heterocycles. The number of halogens is 1. The van der Waals surface area contributed by atoms with E-state index in [0.717, 1.165) is 0 Å². The maximum absolute atomic E-state index is 10.7. The van der Waals surface area contributed by atoms with Crippen LogP contribution in [0.15, 0.2) is 9.63 Å². The number of carboxylic acid groups (broad SMARTS) is 1. The number of thioether (sulfide) groups is 1. The lowest BCUT2D eigenvalue weighted by atomic mass is 10.4. The van der Waals surface area contributed by atoms with Crippen molar-refractivity contribution in [1.82, 2.24) is 9.97 Å². The predicted molar refractivity (Wildman–Crippen MR) is 52.9 cm³/mol. The van der Waals surface area contributed by atoms with Crippen LogP contribution in [-0.4, -0.2) is 27.3 Å². The number of carbonyl (C=O) groups is 1. The Morgan fingerprint density at radius 1 is 1.62 bits per heavy atom. The molecule has 0 aliphatic carbocycles. The van der Waals surface area contributed by atoms with Crippen LogP contribution in [0.25, 0.3) is 0 Å². The van der Waals surface area contributed by atoms with E-state index in [1.165, 1.54) is 11.8 Å². The van der Waals surface area contributed by atoms with Gasteiger partial charge in [-0.25, -0.2) is 14.8 Å². The zero-order chi connectivity index (χ0) is 10.0. The summed E-state index contributed by atoms with van der Waals surface area (Å²) in [5.74, 6) is -0.993. The Kier molecular flexibility index (Phi) is 3.10. The molecule has 0 spiro atoms. The Hall–Kier alpha value is -0.820. The molecule has 0 atom stereocenters. The van der Waals surface area contributed by atoms with Crippen molar-refractivity contribution in [3.8, 4) is 0 Å². The summed E-state index contributed by atoms with van der Waals surface area (Å²) in [6.07, 6.45) is 1.74. The smallest absolute Gasteiger partial charge is 0.355 e. The zero-order valence-electron chi connectivity index (χ0n) is 6.61. The first-order chi connectivity index (χ1) is 6.06. The van der Waals surface area contributed by atoms with Crippen molar-refractivity contribution in [1.29, 1.82) is 0 Å². The van der Waals surface area contributed by atoms with Gasteiger partial charge in [0.05, 0.1) is 4.47 Å². The van der Waals surface area contributed by atoms with Crippen LogP contribution in [0.2, 0.25) is 0 Å². The predicted octanol–water partition coefficient (Wildman–Crippen LogP) is 1.24. The second-order valence-electron chi connectivity index (χ2n) is 2.06. The van der Waals surface area contributed by atoms with Crippen LogP contribution in [0.5, 0.6) is 0 Å². The number of hydrogen-bond acceptors (Lipinski definition) is 5. The van der Waals surface area contributed by atoms with Gasteiger partial charge in [-0.1, -0.05) is 11.8 Å². The van der Waals surface area contributed by atoms with E-state index < -0.39 is 5.97 Å². The number of hydrogen-bond donors (Lipinski definition) is 2. The van der Waals surface area contributed by atoms with Gasteiger partial charge >= 0.3 is 5.97 Å². The van der Waals surface area contributed by atoms with Crippen LogP contribution < -0.4 is 5.73 Å². The zero-order valence-corrected chi connectivity index (χ0v) is 9.02. The number of nitrogens with two attached hydrogens (primary N) is 1. The van der Waals surface area contributed by atoms with E-state index >= 15 is 0 Å². The molecule has 1 aromatic heterocycles. The van der Waals surface area contributed by atoms with Gasteiger partial charge in [0.15, 0.2) is 10.9 Å². The van der Waals surface area contributed by atoms with Gasteiger partial charge in [0, 0.05) is 0 Å². The highest BCUT2D eigenvalue weighted by Crippen LogP contribution is 2.23. The lowest BCUT2D eigenvalue weighted by Gasteiger charge is -2.03. The maximum atomic E-state index is 10.7. The Morgan fingerprint density at radius 3 is 2.69 bits per heavy atom. The second kappa shape index (κ2) is 3.93. The van der Waals surface area contributed by atoms with Gasteiger partial charge in [0.25, 0.3) is 0 Å². The van der Waals surface area contributed by atoms with Crippen LogP contribution in [0, 0.1) is 0 Å². The molecule has 0 saturated carbocycles. The van der Waals surface area contributed by atoms with Crippen LogP contribution in [-0.2, 0) is 0 Å². The van der Waals surface area contributed by atoms with Crippen molar-refractivity contribution >= 4 is 39.5 Å². The van der Waals surface area contributed by atoms with Gasteiger partial charge in [-0.05, 0) is 22.2 Å². The summed E-state index contributed by atoms with van der Waals surface area (Å²) in [6, 6.07) is 0. The molecule has 5 nitrogen and oxygen atoms in total. The standard InChI is InChI=1S/C6H6BrN3O2S/c1-13-6-9-3(5(11)12)2(7)4(8)10-6/h1H3,(H,11,12)(H2,8,9,10). The summed E-state index contributed by atoms with van der Waals surface area (Å²) < 4.78 is 0.220. The van der Waals surface area contributed by atoms with Crippen molar-refractivity contribution < 1.29 is 9.90 Å². The first-order valence-corrected chi connectivity index (χ1v) is 5.18. The number of aromatic carboxylic acids is 1. The molecular weight excluding hydrogens is 258 g/mol. The molecule has 0 unspecified atom stereocenters. The van der Waals surface area contributed by atoms with Crippen molar-refractivity contribution in [2.75, 3.05) is 12.0 Å². The highest BCUT2D eigenvalue weighted by atomic mass is 79.9. The fraction of sp³-hybridized carbons (Fsp3) is 0.167. The Balaban J connectivity index is 3.33. The molecule has 0 aromatic carbocycles. The molecule has 7 heteroatoms.